The van der Waals surface area contributed by atoms with E-state index in [1.165, 1.54) is 43.2 Å². The Bertz CT molecular complexity index is 426. The summed E-state index contributed by atoms with van der Waals surface area (Å²) in [5, 5.41) is 11.1. The number of hydrogen-bond donors (Lipinski definition) is 1. The van der Waals surface area contributed by atoms with Crippen molar-refractivity contribution in [3.05, 3.63) is 41.5 Å². The lowest BCUT2D eigenvalue weighted by Gasteiger charge is -2.35. The fraction of sp³-hybridized carbons (Fsp3) is 0.600. The van der Waals surface area contributed by atoms with Gasteiger partial charge in [-0.1, -0.05) is 81.9 Å². The van der Waals surface area contributed by atoms with Crippen molar-refractivity contribution in [3.8, 4) is 0 Å². The van der Waals surface area contributed by atoms with Crippen LogP contribution >= 0.6 is 0 Å². The summed E-state index contributed by atoms with van der Waals surface area (Å²) in [7, 11) is 0. The van der Waals surface area contributed by atoms with Gasteiger partial charge in [-0.15, -0.1) is 0 Å². The van der Waals surface area contributed by atoms with Gasteiger partial charge in [-0.2, -0.15) is 0 Å². The van der Waals surface area contributed by atoms with E-state index in [2.05, 4.69) is 37.3 Å². The van der Waals surface area contributed by atoms with Gasteiger partial charge >= 0.3 is 0 Å². The minimum atomic E-state index is -0.541. The predicted molar refractivity (Wildman–Crippen MR) is 91.2 cm³/mol. The molecule has 1 fully saturated rings. The highest BCUT2D eigenvalue weighted by Crippen LogP contribution is 2.37. The quantitative estimate of drug-likeness (QED) is 0.634. The molecule has 0 radical (unpaired) electrons. The van der Waals surface area contributed by atoms with Gasteiger partial charge in [0.2, 0.25) is 0 Å². The zero-order chi connectivity index (χ0) is 15.0. The second kappa shape index (κ2) is 8.38. The SMILES string of the molecule is CCCCCC/C(=C\c1ccccc1)C1(O)CCCCC1. The summed E-state index contributed by atoms with van der Waals surface area (Å²) in [6.45, 7) is 2.25. The van der Waals surface area contributed by atoms with E-state index in [1.54, 1.807) is 0 Å². The lowest BCUT2D eigenvalue weighted by Crippen LogP contribution is -2.33. The third kappa shape index (κ3) is 5.00. The Labute approximate surface area is 130 Å². The first kappa shape index (κ1) is 16.3. The first-order valence-corrected chi connectivity index (χ1v) is 8.73. The molecule has 0 unspecified atom stereocenters. The smallest absolute Gasteiger partial charge is 0.0860 e. The van der Waals surface area contributed by atoms with E-state index in [-0.39, 0.29) is 0 Å². The van der Waals surface area contributed by atoms with Crippen LogP contribution in [0.3, 0.4) is 0 Å². The summed E-state index contributed by atoms with van der Waals surface area (Å²) in [5.74, 6) is 0. The van der Waals surface area contributed by atoms with E-state index in [9.17, 15) is 5.11 Å². The van der Waals surface area contributed by atoms with Crippen LogP contribution in [0.2, 0.25) is 0 Å². The monoisotopic (exact) mass is 286 g/mol. The van der Waals surface area contributed by atoms with Gasteiger partial charge in [0.25, 0.3) is 0 Å². The minimum Gasteiger partial charge on any atom is -0.386 e. The standard InChI is InChI=1S/C20H30O/c1-2-3-4-9-14-19(17-18-12-7-5-8-13-18)20(21)15-10-6-11-16-20/h5,7-8,12-13,17,21H,2-4,6,9-11,14-16H2,1H3/b19-17+. The molecule has 1 nitrogen and oxygen atoms in total. The van der Waals surface area contributed by atoms with Gasteiger partial charge in [0, 0.05) is 0 Å². The van der Waals surface area contributed by atoms with Gasteiger partial charge in [-0.3, -0.25) is 0 Å². The summed E-state index contributed by atoms with van der Waals surface area (Å²) >= 11 is 0. The molecule has 0 amide bonds. The summed E-state index contributed by atoms with van der Waals surface area (Å²) in [5.41, 5.74) is 1.95. The van der Waals surface area contributed by atoms with Crippen molar-refractivity contribution >= 4 is 6.08 Å². The molecule has 1 aromatic rings. The Morgan fingerprint density at radius 1 is 1.05 bits per heavy atom. The molecule has 1 aliphatic rings. The highest BCUT2D eigenvalue weighted by Gasteiger charge is 2.32. The average molecular weight is 286 g/mol. The van der Waals surface area contributed by atoms with Crippen LogP contribution in [0.1, 0.15) is 76.7 Å². The molecular formula is C20H30O. The van der Waals surface area contributed by atoms with Crippen molar-refractivity contribution in [1.82, 2.24) is 0 Å². The largest absolute Gasteiger partial charge is 0.386 e. The third-order valence-corrected chi connectivity index (χ3v) is 4.72. The Hall–Kier alpha value is -1.08. The molecule has 1 saturated carbocycles. The average Bonchev–Trinajstić information content (AvgIpc) is 2.52. The molecule has 21 heavy (non-hydrogen) atoms. The molecule has 0 spiro atoms. The van der Waals surface area contributed by atoms with Gasteiger partial charge in [0.05, 0.1) is 5.60 Å². The van der Waals surface area contributed by atoms with Gasteiger partial charge < -0.3 is 5.11 Å². The van der Waals surface area contributed by atoms with Crippen LogP contribution in [-0.4, -0.2) is 10.7 Å². The predicted octanol–water partition coefficient (Wildman–Crippen LogP) is 5.74. The normalized spacial score (nSPS) is 18.7. The van der Waals surface area contributed by atoms with E-state index < -0.39 is 5.60 Å². The van der Waals surface area contributed by atoms with Crippen LogP contribution in [0.25, 0.3) is 6.08 Å². The Balaban J connectivity index is 2.11. The van der Waals surface area contributed by atoms with Gasteiger partial charge in [-0.05, 0) is 36.8 Å². The van der Waals surface area contributed by atoms with Crippen molar-refractivity contribution in [2.24, 2.45) is 0 Å². The highest BCUT2D eigenvalue weighted by molar-refractivity contribution is 5.55. The van der Waals surface area contributed by atoms with E-state index >= 15 is 0 Å². The maximum Gasteiger partial charge on any atom is 0.0860 e. The number of hydrogen-bond acceptors (Lipinski definition) is 1. The van der Waals surface area contributed by atoms with E-state index in [4.69, 9.17) is 0 Å². The van der Waals surface area contributed by atoms with Crippen LogP contribution in [0.15, 0.2) is 35.9 Å². The van der Waals surface area contributed by atoms with E-state index in [0.717, 1.165) is 32.1 Å². The van der Waals surface area contributed by atoms with Crippen molar-refractivity contribution in [3.63, 3.8) is 0 Å². The zero-order valence-corrected chi connectivity index (χ0v) is 13.5. The number of aliphatic hydroxyl groups is 1. The maximum atomic E-state index is 11.1. The third-order valence-electron chi connectivity index (χ3n) is 4.72. The van der Waals surface area contributed by atoms with Crippen LogP contribution in [0.5, 0.6) is 0 Å². The number of unbranched alkanes of at least 4 members (excludes halogenated alkanes) is 3. The Morgan fingerprint density at radius 3 is 2.43 bits per heavy atom. The second-order valence-corrected chi connectivity index (χ2v) is 6.48. The molecule has 0 aromatic heterocycles. The summed E-state index contributed by atoms with van der Waals surface area (Å²) in [6, 6.07) is 10.5. The van der Waals surface area contributed by atoms with Crippen molar-refractivity contribution in [2.45, 2.75) is 76.7 Å². The van der Waals surface area contributed by atoms with Gasteiger partial charge in [0.15, 0.2) is 0 Å². The second-order valence-electron chi connectivity index (χ2n) is 6.48. The molecule has 0 atom stereocenters. The highest BCUT2D eigenvalue weighted by atomic mass is 16.3. The molecule has 1 aromatic carbocycles. The molecule has 0 heterocycles. The van der Waals surface area contributed by atoms with Gasteiger partial charge in [-0.25, -0.2) is 0 Å². The first-order chi connectivity index (χ1) is 10.2. The van der Waals surface area contributed by atoms with Crippen molar-refractivity contribution in [2.75, 3.05) is 0 Å². The number of benzene rings is 1. The fourth-order valence-electron chi connectivity index (χ4n) is 3.39. The van der Waals surface area contributed by atoms with Crippen molar-refractivity contribution < 1.29 is 5.11 Å². The van der Waals surface area contributed by atoms with Crippen LogP contribution in [-0.2, 0) is 0 Å². The lowest BCUT2D eigenvalue weighted by atomic mass is 9.77. The molecule has 116 valence electrons. The van der Waals surface area contributed by atoms with Crippen molar-refractivity contribution in [1.29, 1.82) is 0 Å². The topological polar surface area (TPSA) is 20.2 Å². The Kier molecular flexibility index (Phi) is 6.50. The number of rotatable bonds is 7. The molecule has 1 N–H and O–H groups in total. The molecule has 2 rings (SSSR count). The molecule has 0 saturated heterocycles. The zero-order valence-electron chi connectivity index (χ0n) is 13.5. The van der Waals surface area contributed by atoms with Crippen LogP contribution in [0, 0.1) is 0 Å². The van der Waals surface area contributed by atoms with Crippen LogP contribution < -0.4 is 0 Å². The van der Waals surface area contributed by atoms with E-state index in [0.29, 0.717) is 0 Å². The molecule has 1 aliphatic carbocycles. The summed E-state index contributed by atoms with van der Waals surface area (Å²) in [6.07, 6.45) is 13.8. The summed E-state index contributed by atoms with van der Waals surface area (Å²) < 4.78 is 0. The molecule has 1 heteroatoms. The van der Waals surface area contributed by atoms with Crippen LogP contribution in [0.4, 0.5) is 0 Å². The Morgan fingerprint density at radius 2 is 1.76 bits per heavy atom. The lowest BCUT2D eigenvalue weighted by molar-refractivity contribution is 0.0372. The molecular weight excluding hydrogens is 256 g/mol. The fourth-order valence-corrected chi connectivity index (χ4v) is 3.39. The minimum absolute atomic E-state index is 0.541. The maximum absolute atomic E-state index is 11.1. The van der Waals surface area contributed by atoms with Gasteiger partial charge in [0.1, 0.15) is 0 Å². The summed E-state index contributed by atoms with van der Waals surface area (Å²) in [4.78, 5) is 0. The molecule has 0 aliphatic heterocycles. The molecule has 0 bridgehead atoms. The van der Waals surface area contributed by atoms with E-state index in [1.807, 2.05) is 6.07 Å². The first-order valence-electron chi connectivity index (χ1n) is 8.73.